The van der Waals surface area contributed by atoms with E-state index >= 15 is 0 Å². The van der Waals surface area contributed by atoms with Gasteiger partial charge in [0.1, 0.15) is 0 Å². The van der Waals surface area contributed by atoms with E-state index in [0.29, 0.717) is 5.56 Å². The Balaban J connectivity index is 1.90. The number of alkyl halides is 3. The van der Waals surface area contributed by atoms with Gasteiger partial charge in [0.2, 0.25) is 10.0 Å². The van der Waals surface area contributed by atoms with Crippen LogP contribution in [0.4, 0.5) is 18.9 Å². The number of esters is 1. The quantitative estimate of drug-likeness (QED) is 0.511. The van der Waals surface area contributed by atoms with Crippen molar-refractivity contribution in [1.82, 2.24) is 4.31 Å². The van der Waals surface area contributed by atoms with Gasteiger partial charge < -0.3 is 10.1 Å². The lowest BCUT2D eigenvalue weighted by Crippen LogP contribution is -2.23. The molecule has 1 amide bonds. The van der Waals surface area contributed by atoms with Crippen molar-refractivity contribution in [3.8, 4) is 0 Å². The van der Waals surface area contributed by atoms with E-state index in [2.05, 4.69) is 5.32 Å². The number of nitrogens with one attached hydrogen (secondary N) is 1. The Morgan fingerprint density at radius 1 is 1.10 bits per heavy atom. The molecule has 11 heteroatoms. The summed E-state index contributed by atoms with van der Waals surface area (Å²) in [5, 5.41) is 2.41. The van der Waals surface area contributed by atoms with Crippen LogP contribution < -0.4 is 5.32 Å². The lowest BCUT2D eigenvalue weighted by atomic mass is 10.1. The van der Waals surface area contributed by atoms with Crippen molar-refractivity contribution in [2.75, 3.05) is 26.0 Å². The highest BCUT2D eigenvalue weighted by Crippen LogP contribution is 2.29. The van der Waals surface area contributed by atoms with E-state index in [0.717, 1.165) is 22.5 Å². The van der Waals surface area contributed by atoms with E-state index in [1.807, 2.05) is 0 Å². The molecule has 7 nitrogen and oxygen atoms in total. The van der Waals surface area contributed by atoms with Crippen LogP contribution in [0.15, 0.2) is 59.5 Å². The van der Waals surface area contributed by atoms with Crippen molar-refractivity contribution in [3.05, 3.63) is 65.7 Å². The Bertz CT molecular complexity index is 1080. The third kappa shape index (κ3) is 6.93. The molecule has 2 aromatic carbocycles. The zero-order valence-corrected chi connectivity index (χ0v) is 17.3. The zero-order chi connectivity index (χ0) is 23.2. The second kappa shape index (κ2) is 9.75. The number of nitrogens with zero attached hydrogens (tertiary/aromatic N) is 1. The molecule has 0 atom stereocenters. The smallest absolute Gasteiger partial charge is 0.416 e. The van der Waals surface area contributed by atoms with Crippen LogP contribution in [-0.2, 0) is 30.5 Å². The van der Waals surface area contributed by atoms with Crippen molar-refractivity contribution in [2.45, 2.75) is 11.1 Å². The molecule has 0 heterocycles. The molecular formula is C20H19F3N2O5S. The number of anilines is 1. The summed E-state index contributed by atoms with van der Waals surface area (Å²) >= 11 is 0. The van der Waals surface area contributed by atoms with E-state index < -0.39 is 40.2 Å². The topological polar surface area (TPSA) is 92.8 Å². The van der Waals surface area contributed by atoms with Gasteiger partial charge in [-0.15, -0.1) is 0 Å². The van der Waals surface area contributed by atoms with E-state index in [-0.39, 0.29) is 10.6 Å². The molecule has 0 spiro atoms. The first-order chi connectivity index (χ1) is 14.4. The first-order valence-electron chi connectivity index (χ1n) is 8.74. The molecule has 1 N–H and O–H groups in total. The highest BCUT2D eigenvalue weighted by Gasteiger charge is 2.29. The first kappa shape index (κ1) is 24.1. The molecule has 0 bridgehead atoms. The normalized spacial score (nSPS) is 12.2. The molecule has 0 saturated carbocycles. The summed E-state index contributed by atoms with van der Waals surface area (Å²) in [5.41, 5.74) is -0.274. The minimum atomic E-state index is -4.45. The van der Waals surface area contributed by atoms with Crippen molar-refractivity contribution in [1.29, 1.82) is 0 Å². The summed E-state index contributed by atoms with van der Waals surface area (Å²) in [4.78, 5) is 23.6. The third-order valence-corrected chi connectivity index (χ3v) is 5.70. The first-order valence-corrected chi connectivity index (χ1v) is 10.2. The van der Waals surface area contributed by atoms with Crippen LogP contribution in [0.3, 0.4) is 0 Å². The number of hydrogen-bond acceptors (Lipinski definition) is 5. The molecule has 2 rings (SSSR count). The van der Waals surface area contributed by atoms with Crippen LogP contribution in [-0.4, -0.2) is 45.3 Å². The molecule has 0 aliphatic heterocycles. The van der Waals surface area contributed by atoms with Gasteiger partial charge in [-0.2, -0.15) is 13.2 Å². The standard InChI is InChI=1S/C20H19F3N2O5S/c1-25(2)31(28,29)17-5-3-4-16(12-17)24-18(26)13-30-19(27)11-8-14-6-9-15(10-7-14)20(21,22)23/h3-12H,13H2,1-2H3,(H,24,26). The second-order valence-corrected chi connectivity index (χ2v) is 8.58. The number of benzene rings is 2. The van der Waals surface area contributed by atoms with Crippen molar-refractivity contribution in [3.63, 3.8) is 0 Å². The highest BCUT2D eigenvalue weighted by molar-refractivity contribution is 7.89. The van der Waals surface area contributed by atoms with Gasteiger partial charge in [-0.1, -0.05) is 18.2 Å². The maximum absolute atomic E-state index is 12.5. The number of ether oxygens (including phenoxy) is 1. The predicted octanol–water partition coefficient (Wildman–Crippen LogP) is 3.15. The average Bonchev–Trinajstić information content (AvgIpc) is 2.70. The minimum Gasteiger partial charge on any atom is -0.452 e. The van der Waals surface area contributed by atoms with Gasteiger partial charge in [0, 0.05) is 25.9 Å². The van der Waals surface area contributed by atoms with Crippen LogP contribution in [0.5, 0.6) is 0 Å². The van der Waals surface area contributed by atoms with E-state index in [1.165, 1.54) is 56.6 Å². The zero-order valence-electron chi connectivity index (χ0n) is 16.5. The number of rotatable bonds is 7. The van der Waals surface area contributed by atoms with Crippen LogP contribution in [0.25, 0.3) is 6.08 Å². The van der Waals surface area contributed by atoms with Crippen molar-refractivity contribution >= 4 is 33.7 Å². The number of sulfonamides is 1. The summed E-state index contributed by atoms with van der Waals surface area (Å²) in [6.07, 6.45) is -2.24. The number of carbonyl (C=O) groups excluding carboxylic acids is 2. The number of amides is 1. The SMILES string of the molecule is CN(C)S(=O)(=O)c1cccc(NC(=O)COC(=O)C=Cc2ccc(C(F)(F)F)cc2)c1. The molecule has 166 valence electrons. The number of hydrogen-bond donors (Lipinski definition) is 1. The molecule has 0 unspecified atom stereocenters. The van der Waals surface area contributed by atoms with Crippen molar-refractivity contribution < 1.29 is 35.9 Å². The lowest BCUT2D eigenvalue weighted by molar-refractivity contribution is -0.142. The average molecular weight is 456 g/mol. The van der Waals surface area contributed by atoms with Crippen LogP contribution in [0.2, 0.25) is 0 Å². The lowest BCUT2D eigenvalue weighted by Gasteiger charge is -2.12. The molecule has 0 saturated heterocycles. The van der Waals surface area contributed by atoms with Crippen LogP contribution in [0.1, 0.15) is 11.1 Å². The summed E-state index contributed by atoms with van der Waals surface area (Å²) in [6.45, 7) is -0.638. The molecule has 0 aliphatic carbocycles. The number of carbonyl (C=O) groups is 2. The highest BCUT2D eigenvalue weighted by atomic mass is 32.2. The predicted molar refractivity (Wildman–Crippen MR) is 107 cm³/mol. The minimum absolute atomic E-state index is 0.0215. The number of halogens is 3. The van der Waals surface area contributed by atoms with Gasteiger partial charge in [-0.3, -0.25) is 4.79 Å². The monoisotopic (exact) mass is 456 g/mol. The van der Waals surface area contributed by atoms with Gasteiger partial charge in [0.25, 0.3) is 5.91 Å². The Morgan fingerprint density at radius 2 is 1.74 bits per heavy atom. The Morgan fingerprint density at radius 3 is 2.32 bits per heavy atom. The van der Waals surface area contributed by atoms with Crippen LogP contribution in [0, 0.1) is 0 Å². The maximum atomic E-state index is 12.5. The van der Waals surface area contributed by atoms with E-state index in [9.17, 15) is 31.2 Å². The second-order valence-electron chi connectivity index (χ2n) is 6.42. The van der Waals surface area contributed by atoms with Gasteiger partial charge in [-0.25, -0.2) is 17.5 Å². The fourth-order valence-corrected chi connectivity index (χ4v) is 3.22. The van der Waals surface area contributed by atoms with E-state index in [1.54, 1.807) is 0 Å². The van der Waals surface area contributed by atoms with Gasteiger partial charge in [-0.05, 0) is 42.0 Å². The molecule has 2 aromatic rings. The Labute approximate surface area is 177 Å². The summed E-state index contributed by atoms with van der Waals surface area (Å²) in [6, 6.07) is 9.69. The van der Waals surface area contributed by atoms with Crippen molar-refractivity contribution in [2.24, 2.45) is 0 Å². The fraction of sp³-hybridized carbons (Fsp3) is 0.200. The van der Waals surface area contributed by atoms with E-state index in [4.69, 9.17) is 4.74 Å². The van der Waals surface area contributed by atoms with Gasteiger partial charge in [0.05, 0.1) is 10.5 Å². The summed E-state index contributed by atoms with van der Waals surface area (Å²) in [5.74, 6) is -1.57. The molecule has 0 aliphatic rings. The Kier molecular flexibility index (Phi) is 7.58. The molecule has 31 heavy (non-hydrogen) atoms. The van der Waals surface area contributed by atoms with Crippen LogP contribution >= 0.6 is 0 Å². The molecule has 0 radical (unpaired) electrons. The molecule has 0 fully saturated rings. The maximum Gasteiger partial charge on any atom is 0.416 e. The fourth-order valence-electron chi connectivity index (χ4n) is 2.27. The van der Waals surface area contributed by atoms with Gasteiger partial charge >= 0.3 is 12.1 Å². The summed E-state index contributed by atoms with van der Waals surface area (Å²) < 4.78 is 67.6. The third-order valence-electron chi connectivity index (χ3n) is 3.89. The van der Waals surface area contributed by atoms with Gasteiger partial charge in [0.15, 0.2) is 6.61 Å². The molecule has 0 aromatic heterocycles. The summed E-state index contributed by atoms with van der Waals surface area (Å²) in [7, 11) is -0.934. The molecular weight excluding hydrogens is 437 g/mol. The Hall–Kier alpha value is -3.18. The largest absolute Gasteiger partial charge is 0.452 e.